The zero-order valence-corrected chi connectivity index (χ0v) is 11.2. The molecule has 0 heterocycles. The van der Waals surface area contributed by atoms with Gasteiger partial charge in [0.1, 0.15) is 12.4 Å². The van der Waals surface area contributed by atoms with E-state index in [2.05, 4.69) is 44.3 Å². The molecule has 17 heavy (non-hydrogen) atoms. The summed E-state index contributed by atoms with van der Waals surface area (Å²) in [4.78, 5) is 0. The summed E-state index contributed by atoms with van der Waals surface area (Å²) in [5.41, 5.74) is 2.26. The zero-order chi connectivity index (χ0) is 12.7. The third kappa shape index (κ3) is 4.65. The average Bonchev–Trinajstić information content (AvgIpc) is 2.32. The van der Waals surface area contributed by atoms with E-state index in [0.29, 0.717) is 19.3 Å². The molecule has 1 aromatic rings. The third-order valence-electron chi connectivity index (χ3n) is 2.70. The first-order valence-corrected chi connectivity index (χ1v) is 6.16. The van der Waals surface area contributed by atoms with Crippen molar-refractivity contribution in [2.75, 3.05) is 25.6 Å². The lowest BCUT2D eigenvalue weighted by Gasteiger charge is -2.17. The van der Waals surface area contributed by atoms with Crippen LogP contribution in [0.5, 0.6) is 5.75 Å². The standard InChI is InChI=1S/C14H23NO2/c1-5-12(3)15-13-7-6-11(2)10-14(13)17-9-8-16-4/h6-7,10,12,15H,5,8-9H2,1-4H3. The number of aryl methyl sites for hydroxylation is 1. The van der Waals surface area contributed by atoms with Crippen molar-refractivity contribution in [2.24, 2.45) is 0 Å². The van der Waals surface area contributed by atoms with Crippen LogP contribution in [-0.2, 0) is 4.74 Å². The number of hydrogen-bond donors (Lipinski definition) is 1. The van der Waals surface area contributed by atoms with Crippen molar-refractivity contribution in [2.45, 2.75) is 33.2 Å². The molecule has 0 bridgehead atoms. The van der Waals surface area contributed by atoms with Gasteiger partial charge in [0.05, 0.1) is 12.3 Å². The highest BCUT2D eigenvalue weighted by Gasteiger charge is 2.06. The monoisotopic (exact) mass is 237 g/mol. The number of hydrogen-bond acceptors (Lipinski definition) is 3. The normalized spacial score (nSPS) is 12.2. The van der Waals surface area contributed by atoms with Crippen molar-refractivity contribution in [1.29, 1.82) is 0 Å². The van der Waals surface area contributed by atoms with E-state index in [1.165, 1.54) is 5.56 Å². The molecule has 0 saturated heterocycles. The lowest BCUT2D eigenvalue weighted by Crippen LogP contribution is -2.15. The van der Waals surface area contributed by atoms with Crippen LogP contribution in [0.1, 0.15) is 25.8 Å². The van der Waals surface area contributed by atoms with Gasteiger partial charge in [0, 0.05) is 13.2 Å². The fraction of sp³-hybridized carbons (Fsp3) is 0.571. The van der Waals surface area contributed by atoms with Gasteiger partial charge in [-0.25, -0.2) is 0 Å². The molecule has 0 fully saturated rings. The first-order valence-electron chi connectivity index (χ1n) is 6.16. The summed E-state index contributed by atoms with van der Waals surface area (Å²) >= 11 is 0. The van der Waals surface area contributed by atoms with Gasteiger partial charge in [0.15, 0.2) is 0 Å². The Morgan fingerprint density at radius 1 is 1.29 bits per heavy atom. The molecule has 3 nitrogen and oxygen atoms in total. The van der Waals surface area contributed by atoms with Crippen LogP contribution in [0.2, 0.25) is 0 Å². The van der Waals surface area contributed by atoms with Gasteiger partial charge in [0.25, 0.3) is 0 Å². The summed E-state index contributed by atoms with van der Waals surface area (Å²) in [6.45, 7) is 7.58. The maximum absolute atomic E-state index is 5.72. The SMILES string of the molecule is CCC(C)Nc1ccc(C)cc1OCCOC. The van der Waals surface area contributed by atoms with Crippen LogP contribution in [0, 0.1) is 6.92 Å². The summed E-state index contributed by atoms with van der Waals surface area (Å²) in [5, 5.41) is 3.45. The molecule has 0 aliphatic carbocycles. The van der Waals surface area contributed by atoms with E-state index in [1.54, 1.807) is 7.11 Å². The lowest BCUT2D eigenvalue weighted by atomic mass is 10.2. The highest BCUT2D eigenvalue weighted by atomic mass is 16.5. The highest BCUT2D eigenvalue weighted by molar-refractivity contribution is 5.58. The Hall–Kier alpha value is -1.22. The second kappa shape index (κ2) is 7.17. The molecule has 1 aromatic carbocycles. The molecule has 1 unspecified atom stereocenters. The molecule has 1 N–H and O–H groups in total. The van der Waals surface area contributed by atoms with E-state index < -0.39 is 0 Å². The zero-order valence-electron chi connectivity index (χ0n) is 11.2. The van der Waals surface area contributed by atoms with Crippen molar-refractivity contribution < 1.29 is 9.47 Å². The first kappa shape index (κ1) is 13.8. The van der Waals surface area contributed by atoms with Gasteiger partial charge < -0.3 is 14.8 Å². The van der Waals surface area contributed by atoms with Crippen molar-refractivity contribution in [3.8, 4) is 5.75 Å². The Morgan fingerprint density at radius 3 is 2.71 bits per heavy atom. The Labute approximate surface area is 104 Å². The fourth-order valence-corrected chi connectivity index (χ4v) is 1.47. The molecular formula is C14H23NO2. The van der Waals surface area contributed by atoms with Crippen LogP contribution in [0.3, 0.4) is 0 Å². The molecule has 0 aliphatic rings. The maximum atomic E-state index is 5.72. The molecule has 0 saturated carbocycles. The smallest absolute Gasteiger partial charge is 0.142 e. The summed E-state index contributed by atoms with van der Waals surface area (Å²) in [6.07, 6.45) is 1.09. The second-order valence-electron chi connectivity index (χ2n) is 4.29. The summed E-state index contributed by atoms with van der Waals surface area (Å²) in [6, 6.07) is 6.67. The summed E-state index contributed by atoms with van der Waals surface area (Å²) < 4.78 is 10.7. The first-order chi connectivity index (χ1) is 8.17. The second-order valence-corrected chi connectivity index (χ2v) is 4.29. The summed E-state index contributed by atoms with van der Waals surface area (Å²) in [7, 11) is 1.68. The number of methoxy groups -OCH3 is 1. The van der Waals surface area contributed by atoms with E-state index in [0.717, 1.165) is 17.9 Å². The van der Waals surface area contributed by atoms with E-state index in [1.807, 2.05) is 0 Å². The minimum atomic E-state index is 0.447. The Balaban J connectivity index is 2.72. The minimum absolute atomic E-state index is 0.447. The van der Waals surface area contributed by atoms with Crippen LogP contribution >= 0.6 is 0 Å². The largest absolute Gasteiger partial charge is 0.489 e. The van der Waals surface area contributed by atoms with Crippen LogP contribution in [0.4, 0.5) is 5.69 Å². The minimum Gasteiger partial charge on any atom is -0.489 e. The molecule has 0 radical (unpaired) electrons. The van der Waals surface area contributed by atoms with Gasteiger partial charge in [-0.1, -0.05) is 13.0 Å². The van der Waals surface area contributed by atoms with Crippen molar-refractivity contribution in [3.63, 3.8) is 0 Å². The van der Waals surface area contributed by atoms with Crippen LogP contribution in [0.15, 0.2) is 18.2 Å². The maximum Gasteiger partial charge on any atom is 0.142 e. The number of nitrogens with one attached hydrogen (secondary N) is 1. The number of anilines is 1. The van der Waals surface area contributed by atoms with Gasteiger partial charge in [-0.05, 0) is 38.0 Å². The predicted molar refractivity (Wildman–Crippen MR) is 71.9 cm³/mol. The molecule has 0 spiro atoms. The van der Waals surface area contributed by atoms with Gasteiger partial charge in [-0.15, -0.1) is 0 Å². The topological polar surface area (TPSA) is 30.5 Å². The Bertz CT molecular complexity index is 339. The quantitative estimate of drug-likeness (QED) is 0.738. The number of rotatable bonds is 7. The van der Waals surface area contributed by atoms with Crippen molar-refractivity contribution >= 4 is 5.69 Å². The van der Waals surface area contributed by atoms with Gasteiger partial charge in [-0.2, -0.15) is 0 Å². The Kier molecular flexibility index (Phi) is 5.84. The van der Waals surface area contributed by atoms with Gasteiger partial charge >= 0.3 is 0 Å². The third-order valence-corrected chi connectivity index (χ3v) is 2.70. The van der Waals surface area contributed by atoms with Gasteiger partial charge in [0.2, 0.25) is 0 Å². The molecular weight excluding hydrogens is 214 g/mol. The molecule has 1 atom stereocenters. The van der Waals surface area contributed by atoms with Crippen molar-refractivity contribution in [3.05, 3.63) is 23.8 Å². The number of benzene rings is 1. The number of ether oxygens (including phenoxy) is 2. The van der Waals surface area contributed by atoms with Crippen LogP contribution in [-0.4, -0.2) is 26.4 Å². The van der Waals surface area contributed by atoms with E-state index in [4.69, 9.17) is 9.47 Å². The van der Waals surface area contributed by atoms with Gasteiger partial charge in [-0.3, -0.25) is 0 Å². The molecule has 0 aliphatic heterocycles. The molecule has 0 amide bonds. The molecule has 96 valence electrons. The molecule has 0 aromatic heterocycles. The predicted octanol–water partition coefficient (Wildman–Crippen LogP) is 3.23. The van der Waals surface area contributed by atoms with E-state index >= 15 is 0 Å². The summed E-state index contributed by atoms with van der Waals surface area (Å²) in [5.74, 6) is 0.905. The lowest BCUT2D eigenvalue weighted by molar-refractivity contribution is 0.146. The van der Waals surface area contributed by atoms with Crippen molar-refractivity contribution in [1.82, 2.24) is 0 Å². The molecule has 1 rings (SSSR count). The fourth-order valence-electron chi connectivity index (χ4n) is 1.47. The van der Waals surface area contributed by atoms with E-state index in [9.17, 15) is 0 Å². The highest BCUT2D eigenvalue weighted by Crippen LogP contribution is 2.26. The van der Waals surface area contributed by atoms with Crippen LogP contribution < -0.4 is 10.1 Å². The van der Waals surface area contributed by atoms with E-state index in [-0.39, 0.29) is 0 Å². The van der Waals surface area contributed by atoms with Crippen LogP contribution in [0.25, 0.3) is 0 Å². The molecule has 3 heteroatoms. The average molecular weight is 237 g/mol. The Morgan fingerprint density at radius 2 is 2.06 bits per heavy atom.